The van der Waals surface area contributed by atoms with Gasteiger partial charge in [-0.1, -0.05) is 44.2 Å². The molecule has 2 aliphatic rings. The average Bonchev–Trinajstić information content (AvgIpc) is 3.32. The highest BCUT2D eigenvalue weighted by Crippen LogP contribution is 2.50. The Kier molecular flexibility index (Phi) is 5.61. The van der Waals surface area contributed by atoms with E-state index in [4.69, 9.17) is 4.98 Å². The first kappa shape index (κ1) is 24.0. The molecular weight excluding hydrogens is 475 g/mol. The Balaban J connectivity index is 1.60. The van der Waals surface area contributed by atoms with Crippen LogP contribution in [-0.2, 0) is 16.6 Å². The van der Waals surface area contributed by atoms with Crippen LogP contribution >= 0.6 is 0 Å². The fourth-order valence-corrected chi connectivity index (χ4v) is 6.35. The molecular formula is C32H27FN4O. The molecule has 0 unspecified atom stereocenters. The number of nitrogens with zero attached hydrogens (tertiary/aromatic N) is 4. The summed E-state index contributed by atoms with van der Waals surface area (Å²) in [7, 11) is 0. The molecule has 3 atom stereocenters. The third kappa shape index (κ3) is 3.69. The van der Waals surface area contributed by atoms with Gasteiger partial charge in [-0.15, -0.1) is 0 Å². The summed E-state index contributed by atoms with van der Waals surface area (Å²) in [5, 5.41) is 9.73. The number of nitriles is 1. The molecule has 5 nitrogen and oxygen atoms in total. The SMILES string of the molecule is Cc1cncc(-c2cccc(-c3nc4c(n3-c3cccc(F)c3)CC[C@@H]3[C@@H](C)C(=O)C(C#N)=C[C@@]43C)c2)c1. The zero-order valence-corrected chi connectivity index (χ0v) is 21.6. The van der Waals surface area contributed by atoms with Gasteiger partial charge < -0.3 is 0 Å². The summed E-state index contributed by atoms with van der Waals surface area (Å²) < 4.78 is 16.5. The highest BCUT2D eigenvalue weighted by molar-refractivity contribution is 6.02. The van der Waals surface area contributed by atoms with E-state index in [9.17, 15) is 14.4 Å². The highest BCUT2D eigenvalue weighted by Gasteiger charge is 2.50. The second-order valence-corrected chi connectivity index (χ2v) is 10.6. The first-order valence-electron chi connectivity index (χ1n) is 12.9. The predicted molar refractivity (Wildman–Crippen MR) is 144 cm³/mol. The molecule has 0 radical (unpaired) electrons. The summed E-state index contributed by atoms with van der Waals surface area (Å²) in [5.41, 5.74) is 6.13. The number of aromatic nitrogens is 3. The highest BCUT2D eigenvalue weighted by atomic mass is 19.1. The van der Waals surface area contributed by atoms with Crippen LogP contribution < -0.4 is 0 Å². The normalized spacial score (nSPS) is 22.3. The van der Waals surface area contributed by atoms with Crippen LogP contribution in [0.3, 0.4) is 0 Å². The minimum atomic E-state index is -0.586. The molecule has 2 aromatic heterocycles. The second-order valence-electron chi connectivity index (χ2n) is 10.6. The maximum absolute atomic E-state index is 14.5. The Morgan fingerprint density at radius 1 is 1.08 bits per heavy atom. The number of benzene rings is 2. The van der Waals surface area contributed by atoms with Gasteiger partial charge >= 0.3 is 0 Å². The molecule has 0 fully saturated rings. The molecule has 2 heterocycles. The number of Topliss-reactive ketones (excluding diaryl/α,β-unsaturated/α-hetero) is 1. The van der Waals surface area contributed by atoms with Gasteiger partial charge in [0.15, 0.2) is 5.78 Å². The van der Waals surface area contributed by atoms with E-state index in [1.165, 1.54) is 12.1 Å². The Hall–Kier alpha value is -4.37. The molecule has 0 saturated heterocycles. The molecule has 6 heteroatoms. The standard InChI is InChI=1S/C32H27FN4O/c1-19-12-23(18-35-17-19)21-6-4-7-22(13-21)31-36-30-28(37(31)26-9-5-8-25(33)14-26)11-10-27-20(2)29(38)24(16-34)15-32(27,30)3/h4-9,12-15,17-18,20,27H,10-11H2,1-3H3/t20-,27-,32-/m1/s1. The minimum Gasteiger partial charge on any atom is -0.296 e. The smallest absolute Gasteiger partial charge is 0.176 e. The quantitative estimate of drug-likeness (QED) is 0.319. The predicted octanol–water partition coefficient (Wildman–Crippen LogP) is 6.54. The summed E-state index contributed by atoms with van der Waals surface area (Å²) >= 11 is 0. The Morgan fingerprint density at radius 3 is 2.63 bits per heavy atom. The number of fused-ring (bicyclic) bond motifs is 3. The van der Waals surface area contributed by atoms with Gasteiger partial charge in [0.2, 0.25) is 0 Å². The first-order valence-corrected chi connectivity index (χ1v) is 12.9. The van der Waals surface area contributed by atoms with Crippen LogP contribution in [0.5, 0.6) is 0 Å². The number of imidazole rings is 1. The topological polar surface area (TPSA) is 71.6 Å². The molecule has 188 valence electrons. The third-order valence-corrected chi connectivity index (χ3v) is 8.19. The molecule has 0 N–H and O–H groups in total. The molecule has 2 aromatic carbocycles. The molecule has 0 aliphatic heterocycles. The molecule has 0 amide bonds. The van der Waals surface area contributed by atoms with E-state index in [-0.39, 0.29) is 29.0 Å². The van der Waals surface area contributed by atoms with Crippen LogP contribution in [0.25, 0.3) is 28.2 Å². The van der Waals surface area contributed by atoms with Gasteiger partial charge in [0, 0.05) is 40.5 Å². The maximum Gasteiger partial charge on any atom is 0.176 e. The number of aryl methyl sites for hydroxylation is 1. The van der Waals surface area contributed by atoms with Crippen LogP contribution in [0.1, 0.15) is 37.2 Å². The van der Waals surface area contributed by atoms with Crippen molar-refractivity contribution >= 4 is 5.78 Å². The van der Waals surface area contributed by atoms with Crippen LogP contribution in [0, 0.1) is 35.9 Å². The number of carbonyl (C=O) groups is 1. The number of hydrogen-bond acceptors (Lipinski definition) is 4. The van der Waals surface area contributed by atoms with Crippen molar-refractivity contribution in [2.45, 2.75) is 39.0 Å². The Labute approximate surface area is 221 Å². The maximum atomic E-state index is 14.5. The lowest BCUT2D eigenvalue weighted by Crippen LogP contribution is -2.45. The van der Waals surface area contributed by atoms with Gasteiger partial charge in [-0.25, -0.2) is 9.37 Å². The van der Waals surface area contributed by atoms with Crippen molar-refractivity contribution < 1.29 is 9.18 Å². The van der Waals surface area contributed by atoms with E-state index in [0.717, 1.165) is 40.1 Å². The largest absolute Gasteiger partial charge is 0.296 e. The average molecular weight is 503 g/mol. The molecule has 6 rings (SSSR count). The van der Waals surface area contributed by atoms with Crippen molar-refractivity contribution in [1.29, 1.82) is 5.26 Å². The number of allylic oxidation sites excluding steroid dienone is 2. The minimum absolute atomic E-state index is 0.0352. The van der Waals surface area contributed by atoms with Gasteiger partial charge in [-0.05, 0) is 67.1 Å². The Morgan fingerprint density at radius 2 is 1.87 bits per heavy atom. The van der Waals surface area contributed by atoms with E-state index in [1.54, 1.807) is 6.07 Å². The zero-order valence-electron chi connectivity index (χ0n) is 21.6. The second kappa shape index (κ2) is 8.88. The van der Waals surface area contributed by atoms with Crippen LogP contribution in [0.2, 0.25) is 0 Å². The van der Waals surface area contributed by atoms with Gasteiger partial charge in [-0.3, -0.25) is 14.3 Å². The van der Waals surface area contributed by atoms with Crippen molar-refractivity contribution in [3.63, 3.8) is 0 Å². The van der Waals surface area contributed by atoms with Crippen molar-refractivity contribution in [2.75, 3.05) is 0 Å². The number of ketones is 1. The summed E-state index contributed by atoms with van der Waals surface area (Å²) in [6.45, 7) is 6.02. The summed E-state index contributed by atoms with van der Waals surface area (Å²) in [6.07, 6.45) is 6.97. The van der Waals surface area contributed by atoms with Gasteiger partial charge in [-0.2, -0.15) is 5.26 Å². The van der Waals surface area contributed by atoms with Gasteiger partial charge in [0.25, 0.3) is 0 Å². The third-order valence-electron chi connectivity index (χ3n) is 8.19. The Bertz CT molecular complexity index is 1680. The van der Waals surface area contributed by atoms with Crippen molar-refractivity contribution in [3.05, 3.63) is 101 Å². The zero-order chi connectivity index (χ0) is 26.6. The number of carbonyl (C=O) groups excluding carboxylic acids is 1. The first-order chi connectivity index (χ1) is 18.3. The fraction of sp³-hybridized carbons (Fsp3) is 0.250. The lowest BCUT2D eigenvalue weighted by Gasteiger charge is -2.44. The molecule has 4 aromatic rings. The molecule has 2 aliphatic carbocycles. The molecule has 0 spiro atoms. The van der Waals surface area contributed by atoms with E-state index >= 15 is 0 Å². The van der Waals surface area contributed by atoms with E-state index in [1.807, 2.05) is 56.6 Å². The van der Waals surface area contributed by atoms with Crippen LogP contribution in [-0.4, -0.2) is 20.3 Å². The number of rotatable bonds is 3. The van der Waals surface area contributed by atoms with E-state index in [2.05, 4.69) is 34.7 Å². The molecule has 0 saturated carbocycles. The summed E-state index contributed by atoms with van der Waals surface area (Å²) in [5.74, 6) is 0.0590. The lowest BCUT2D eigenvalue weighted by atomic mass is 9.58. The van der Waals surface area contributed by atoms with Crippen molar-refractivity contribution in [1.82, 2.24) is 14.5 Å². The van der Waals surface area contributed by atoms with E-state index in [0.29, 0.717) is 17.9 Å². The van der Waals surface area contributed by atoms with Crippen molar-refractivity contribution in [3.8, 4) is 34.3 Å². The van der Waals surface area contributed by atoms with E-state index < -0.39 is 5.41 Å². The van der Waals surface area contributed by atoms with Crippen LogP contribution in [0.15, 0.2) is 78.6 Å². The lowest BCUT2D eigenvalue weighted by molar-refractivity contribution is -0.121. The fourth-order valence-electron chi connectivity index (χ4n) is 6.35. The molecule has 0 bridgehead atoms. The summed E-state index contributed by atoms with van der Waals surface area (Å²) in [6, 6.07) is 18.9. The number of hydrogen-bond donors (Lipinski definition) is 0. The number of pyridine rings is 1. The van der Waals surface area contributed by atoms with Crippen molar-refractivity contribution in [2.24, 2.45) is 11.8 Å². The monoisotopic (exact) mass is 502 g/mol. The molecule has 38 heavy (non-hydrogen) atoms. The van der Waals surface area contributed by atoms with Crippen LogP contribution in [0.4, 0.5) is 4.39 Å². The van der Waals surface area contributed by atoms with Gasteiger partial charge in [0.05, 0.1) is 17.0 Å². The number of halogens is 1. The summed E-state index contributed by atoms with van der Waals surface area (Å²) in [4.78, 5) is 22.4. The van der Waals surface area contributed by atoms with Gasteiger partial charge in [0.1, 0.15) is 17.7 Å².